The number of carbonyl (C=O) groups excluding carboxylic acids is 2. The van der Waals surface area contributed by atoms with Crippen LogP contribution in [0.3, 0.4) is 0 Å². The van der Waals surface area contributed by atoms with Gasteiger partial charge < -0.3 is 9.47 Å². The average molecular weight is 371 g/mol. The molecule has 0 saturated carbocycles. The van der Waals surface area contributed by atoms with Crippen LogP contribution in [0.25, 0.3) is 0 Å². The van der Waals surface area contributed by atoms with E-state index in [2.05, 4.69) is 15.3 Å². The molecule has 1 N–H and O–H groups in total. The van der Waals surface area contributed by atoms with Gasteiger partial charge in [0, 0.05) is 24.2 Å². The van der Waals surface area contributed by atoms with Crippen molar-refractivity contribution in [2.24, 2.45) is 4.99 Å². The number of fused-ring (bicyclic) bond motifs is 1. The molecule has 1 aromatic carbocycles. The fraction of sp³-hybridized carbons (Fsp3) is 0.263. The number of aliphatic imine (C=N–C) groups is 1. The second kappa shape index (κ2) is 7.14. The van der Waals surface area contributed by atoms with Crippen LogP contribution >= 0.6 is 0 Å². The summed E-state index contributed by atoms with van der Waals surface area (Å²) >= 11 is 0. The van der Waals surface area contributed by atoms with Gasteiger partial charge in [-0.25, -0.2) is 19.2 Å². The zero-order chi connectivity index (χ0) is 19.6. The van der Waals surface area contributed by atoms with Crippen LogP contribution in [-0.2, 0) is 16.0 Å². The van der Waals surface area contributed by atoms with Crippen molar-refractivity contribution in [1.29, 1.82) is 0 Å². The summed E-state index contributed by atoms with van der Waals surface area (Å²) in [7, 11) is 0. The van der Waals surface area contributed by atoms with E-state index in [0.717, 1.165) is 6.07 Å². The number of aromatic nitrogens is 1. The molecule has 0 spiro atoms. The minimum atomic E-state index is -0.755. The molecule has 140 valence electrons. The number of nitrogens with one attached hydrogen (secondary N) is 1. The number of hydrogen-bond donors (Lipinski definition) is 1. The zero-order valence-electron chi connectivity index (χ0n) is 15.1. The van der Waals surface area contributed by atoms with Crippen molar-refractivity contribution in [3.05, 3.63) is 41.8 Å². The topological polar surface area (TPSA) is 89.9 Å². The molecule has 0 radical (unpaired) electrons. The first-order valence-corrected chi connectivity index (χ1v) is 8.23. The number of ether oxygens (including phenoxy) is 2. The summed E-state index contributed by atoms with van der Waals surface area (Å²) in [5.74, 6) is 0.129. The Bertz CT molecular complexity index is 935. The highest BCUT2D eigenvalue weighted by Gasteiger charge is 2.20. The predicted molar refractivity (Wildman–Crippen MR) is 97.4 cm³/mol. The van der Waals surface area contributed by atoms with Crippen molar-refractivity contribution >= 4 is 29.6 Å². The molecule has 0 atom stereocenters. The summed E-state index contributed by atoms with van der Waals surface area (Å²) in [6.45, 7) is 5.14. The summed E-state index contributed by atoms with van der Waals surface area (Å²) in [5.41, 5.74) is -0.182. The zero-order valence-corrected chi connectivity index (χ0v) is 15.1. The summed E-state index contributed by atoms with van der Waals surface area (Å²) in [6.07, 6.45) is 2.07. The van der Waals surface area contributed by atoms with E-state index in [4.69, 9.17) is 9.47 Å². The van der Waals surface area contributed by atoms with Crippen molar-refractivity contribution in [2.45, 2.75) is 32.8 Å². The molecule has 27 heavy (non-hydrogen) atoms. The van der Waals surface area contributed by atoms with Crippen molar-refractivity contribution < 1.29 is 23.5 Å². The Kier molecular flexibility index (Phi) is 4.89. The number of benzene rings is 1. The van der Waals surface area contributed by atoms with Crippen molar-refractivity contribution in [3.8, 4) is 11.5 Å². The first-order valence-electron chi connectivity index (χ1n) is 8.23. The van der Waals surface area contributed by atoms with Gasteiger partial charge in [0.05, 0.1) is 11.9 Å². The lowest BCUT2D eigenvalue weighted by Crippen LogP contribution is -2.27. The third-order valence-electron chi connectivity index (χ3n) is 3.48. The molecule has 0 unspecified atom stereocenters. The maximum Gasteiger partial charge on any atom is 0.412 e. The van der Waals surface area contributed by atoms with Gasteiger partial charge in [-0.1, -0.05) is 0 Å². The van der Waals surface area contributed by atoms with Crippen LogP contribution in [0.1, 0.15) is 26.3 Å². The van der Waals surface area contributed by atoms with Crippen LogP contribution in [0.2, 0.25) is 0 Å². The number of pyridine rings is 1. The number of amides is 1. The van der Waals surface area contributed by atoms with Gasteiger partial charge in [-0.3, -0.25) is 10.1 Å². The Balaban J connectivity index is 1.77. The monoisotopic (exact) mass is 371 g/mol. The van der Waals surface area contributed by atoms with Gasteiger partial charge in [0.2, 0.25) is 0 Å². The largest absolute Gasteiger partial charge is 0.457 e. The summed E-state index contributed by atoms with van der Waals surface area (Å²) in [5, 5.41) is 2.35. The van der Waals surface area contributed by atoms with Gasteiger partial charge in [0.25, 0.3) is 0 Å². The first-order chi connectivity index (χ1) is 12.7. The van der Waals surface area contributed by atoms with Gasteiger partial charge in [0.1, 0.15) is 17.1 Å². The minimum Gasteiger partial charge on any atom is -0.457 e. The van der Waals surface area contributed by atoms with E-state index < -0.39 is 17.5 Å². The van der Waals surface area contributed by atoms with E-state index in [0.29, 0.717) is 17.1 Å². The molecule has 0 fully saturated rings. The highest BCUT2D eigenvalue weighted by Crippen LogP contribution is 2.33. The van der Waals surface area contributed by atoms with Crippen molar-refractivity contribution in [1.82, 2.24) is 4.98 Å². The summed E-state index contributed by atoms with van der Waals surface area (Å²) in [6, 6.07) is 5.58. The van der Waals surface area contributed by atoms with Gasteiger partial charge in [-0.2, -0.15) is 0 Å². The maximum atomic E-state index is 14.3. The van der Waals surface area contributed by atoms with Crippen LogP contribution in [0, 0.1) is 5.82 Å². The number of Topliss-reactive ketones (excluding diaryl/α,β-unsaturated/α-hetero) is 1. The minimum absolute atomic E-state index is 0.0341. The SMILES string of the molecule is CC(C)(C)OC(=O)Nc1ccc(Oc2ccnc3c2CC(=O)C=N3)cc1F. The van der Waals surface area contributed by atoms with E-state index in [1.54, 1.807) is 26.8 Å². The van der Waals surface area contributed by atoms with Crippen molar-refractivity contribution in [3.63, 3.8) is 0 Å². The Hall–Kier alpha value is -3.29. The highest BCUT2D eigenvalue weighted by atomic mass is 19.1. The van der Waals surface area contributed by atoms with Crippen molar-refractivity contribution in [2.75, 3.05) is 5.32 Å². The molecule has 2 heterocycles. The lowest BCUT2D eigenvalue weighted by atomic mass is 10.1. The Labute approximate surface area is 155 Å². The molecular weight excluding hydrogens is 353 g/mol. The van der Waals surface area contributed by atoms with Gasteiger partial charge in [0.15, 0.2) is 17.4 Å². The number of nitrogens with zero attached hydrogens (tertiary/aromatic N) is 2. The van der Waals surface area contributed by atoms with Crippen LogP contribution < -0.4 is 10.1 Å². The normalized spacial score (nSPS) is 13.1. The second-order valence-corrected chi connectivity index (χ2v) is 6.88. The predicted octanol–water partition coefficient (Wildman–Crippen LogP) is 4.19. The number of rotatable bonds is 3. The molecule has 3 rings (SSSR count). The number of hydrogen-bond acceptors (Lipinski definition) is 6. The number of carbonyl (C=O) groups is 2. The molecule has 0 saturated heterocycles. The third kappa shape index (κ3) is 4.66. The lowest BCUT2D eigenvalue weighted by Gasteiger charge is -2.20. The van der Waals surface area contributed by atoms with Crippen LogP contribution in [-0.4, -0.2) is 28.7 Å². The Morgan fingerprint density at radius 3 is 2.74 bits per heavy atom. The smallest absolute Gasteiger partial charge is 0.412 e. The fourth-order valence-corrected chi connectivity index (χ4v) is 2.39. The third-order valence-corrected chi connectivity index (χ3v) is 3.48. The molecule has 1 aliphatic rings. The lowest BCUT2D eigenvalue weighted by molar-refractivity contribution is -0.112. The number of anilines is 1. The fourth-order valence-electron chi connectivity index (χ4n) is 2.39. The molecule has 2 aromatic rings. The first kappa shape index (κ1) is 18.5. The van der Waals surface area contributed by atoms with Gasteiger partial charge in [-0.15, -0.1) is 0 Å². The van der Waals surface area contributed by atoms with E-state index >= 15 is 0 Å². The van der Waals surface area contributed by atoms with Crippen LogP contribution in [0.5, 0.6) is 11.5 Å². The maximum absolute atomic E-state index is 14.3. The summed E-state index contributed by atoms with van der Waals surface area (Å²) in [4.78, 5) is 31.4. The van der Waals surface area contributed by atoms with E-state index in [1.807, 2.05) is 0 Å². The quantitative estimate of drug-likeness (QED) is 0.874. The molecule has 1 amide bonds. The van der Waals surface area contributed by atoms with Gasteiger partial charge >= 0.3 is 6.09 Å². The highest BCUT2D eigenvalue weighted by molar-refractivity contribution is 6.29. The summed E-state index contributed by atoms with van der Waals surface area (Å²) < 4.78 is 25.1. The molecular formula is C19H18FN3O4. The molecule has 1 aliphatic heterocycles. The average Bonchev–Trinajstić information content (AvgIpc) is 2.56. The molecule has 1 aromatic heterocycles. The Morgan fingerprint density at radius 2 is 2.04 bits per heavy atom. The molecule has 0 aliphatic carbocycles. The Morgan fingerprint density at radius 1 is 1.26 bits per heavy atom. The standard InChI is InChI=1S/C19H18FN3O4/c1-19(2,3)27-18(25)23-15-5-4-12(9-14(15)20)26-16-6-7-21-17-13(16)8-11(24)10-22-17/h4-7,9-10H,8H2,1-3H3,(H,23,25). The number of halogens is 1. The van der Waals surface area contributed by atoms with Crippen LogP contribution in [0.4, 0.5) is 20.7 Å². The van der Waals surface area contributed by atoms with Crippen LogP contribution in [0.15, 0.2) is 35.5 Å². The van der Waals surface area contributed by atoms with E-state index in [-0.39, 0.29) is 23.6 Å². The van der Waals surface area contributed by atoms with E-state index in [1.165, 1.54) is 24.5 Å². The molecule has 7 nitrogen and oxygen atoms in total. The van der Waals surface area contributed by atoms with Gasteiger partial charge in [-0.05, 0) is 39.0 Å². The number of ketones is 1. The van der Waals surface area contributed by atoms with E-state index in [9.17, 15) is 14.0 Å². The second-order valence-electron chi connectivity index (χ2n) is 6.88. The molecule has 0 bridgehead atoms. The molecule has 8 heteroatoms.